The lowest BCUT2D eigenvalue weighted by atomic mass is 9.80. The van der Waals surface area contributed by atoms with Crippen molar-refractivity contribution in [3.63, 3.8) is 0 Å². The van der Waals surface area contributed by atoms with Gasteiger partial charge >= 0.3 is 7.05 Å². The molecule has 3 saturated heterocycles. The quantitative estimate of drug-likeness (QED) is 0.163. The topological polar surface area (TPSA) is 62.3 Å². The van der Waals surface area contributed by atoms with E-state index in [2.05, 4.69) is 115 Å². The Morgan fingerprint density at radius 1 is 0.629 bits per heavy atom. The molecule has 0 aliphatic carbocycles. The number of piperazine rings is 2. The number of carbonyl (C=O) groups is 1. The molecular formula is C50H66BCl4N5O2. The molecule has 4 aromatic rings. The molecule has 12 heteroatoms. The second-order valence-corrected chi connectivity index (χ2v) is 21.4. The standard InChI is InChI=1S/C29H40BCl2N3O2.C21H26Cl2N2/c1-29(2,3)26-20-33(17-18-35(26)27(36)19-21-13-15-34(16-14-21)30(4)37)28(22-5-9-24(31)10-6-22)23-7-11-25(32)12-8-23;1-21(2,3)19-14-25(13-12-24-19)20(15-4-8-17(22)9-5-15)16-6-10-18(23)11-7-16/h5-12,21,26,28,37H,13-20H2,1-4H3;4-11,19-20,24H,12-14H2,1-3H3/t26-;19-/m11/s1. The molecule has 3 aliphatic rings. The zero-order valence-corrected chi connectivity index (χ0v) is 40.7. The van der Waals surface area contributed by atoms with Crippen molar-refractivity contribution in [3.8, 4) is 0 Å². The predicted octanol–water partition coefficient (Wildman–Crippen LogP) is 11.3. The van der Waals surface area contributed by atoms with Crippen LogP contribution in [0.5, 0.6) is 0 Å². The summed E-state index contributed by atoms with van der Waals surface area (Å²) in [4.78, 5) is 23.0. The van der Waals surface area contributed by atoms with Gasteiger partial charge in [-0.15, -0.1) is 0 Å². The van der Waals surface area contributed by atoms with Gasteiger partial charge in [0.25, 0.3) is 0 Å². The van der Waals surface area contributed by atoms with Crippen molar-refractivity contribution in [2.24, 2.45) is 16.7 Å². The van der Waals surface area contributed by atoms with Crippen LogP contribution in [0.25, 0.3) is 0 Å². The van der Waals surface area contributed by atoms with Crippen LogP contribution >= 0.6 is 46.4 Å². The van der Waals surface area contributed by atoms with Crippen molar-refractivity contribution < 1.29 is 9.82 Å². The van der Waals surface area contributed by atoms with E-state index in [0.717, 1.165) is 78.7 Å². The minimum absolute atomic E-state index is 0.0569. The Balaban J connectivity index is 0.000000223. The molecule has 0 bridgehead atoms. The fourth-order valence-electron chi connectivity index (χ4n) is 9.37. The average molecular weight is 922 g/mol. The number of carbonyl (C=O) groups excluding carboxylic acids is 1. The number of hydrogen-bond acceptors (Lipinski definition) is 6. The van der Waals surface area contributed by atoms with Crippen LogP contribution in [0.4, 0.5) is 0 Å². The van der Waals surface area contributed by atoms with Gasteiger partial charge in [0, 0.05) is 77.9 Å². The van der Waals surface area contributed by atoms with Gasteiger partial charge in [0.2, 0.25) is 5.91 Å². The normalized spacial score (nSPS) is 20.0. The molecule has 3 fully saturated rings. The van der Waals surface area contributed by atoms with Crippen molar-refractivity contribution >= 4 is 59.4 Å². The van der Waals surface area contributed by atoms with Gasteiger partial charge in [0.1, 0.15) is 0 Å². The van der Waals surface area contributed by atoms with E-state index in [4.69, 9.17) is 46.4 Å². The minimum atomic E-state index is -0.413. The molecule has 7 rings (SSSR count). The number of nitrogens with zero attached hydrogens (tertiary/aromatic N) is 4. The lowest BCUT2D eigenvalue weighted by molar-refractivity contribution is -0.141. The van der Waals surface area contributed by atoms with Gasteiger partial charge in [-0.2, -0.15) is 0 Å². The third-order valence-corrected chi connectivity index (χ3v) is 14.1. The molecule has 1 amide bonds. The number of halogens is 4. The monoisotopic (exact) mass is 919 g/mol. The summed E-state index contributed by atoms with van der Waals surface area (Å²) in [6.45, 7) is 22.5. The number of amides is 1. The van der Waals surface area contributed by atoms with Crippen LogP contribution in [0, 0.1) is 16.7 Å². The van der Waals surface area contributed by atoms with E-state index in [9.17, 15) is 9.82 Å². The van der Waals surface area contributed by atoms with E-state index in [1.54, 1.807) is 0 Å². The van der Waals surface area contributed by atoms with Crippen molar-refractivity contribution in [1.29, 1.82) is 0 Å². The largest absolute Gasteiger partial charge is 0.437 e. The summed E-state index contributed by atoms with van der Waals surface area (Å²) in [6.07, 6.45) is 2.52. The molecule has 2 atom stereocenters. The fraction of sp³-hybridized carbons (Fsp3) is 0.500. The fourth-order valence-corrected chi connectivity index (χ4v) is 9.87. The number of benzene rings is 4. The third-order valence-electron chi connectivity index (χ3n) is 13.1. The van der Waals surface area contributed by atoms with Crippen molar-refractivity contribution in [2.75, 3.05) is 52.4 Å². The van der Waals surface area contributed by atoms with Crippen molar-refractivity contribution in [3.05, 3.63) is 139 Å². The van der Waals surface area contributed by atoms with Gasteiger partial charge in [-0.3, -0.25) is 14.6 Å². The molecule has 0 spiro atoms. The Hall–Kier alpha value is -2.63. The van der Waals surface area contributed by atoms with Crippen LogP contribution in [0.15, 0.2) is 97.1 Å². The molecule has 62 heavy (non-hydrogen) atoms. The first-order valence-electron chi connectivity index (χ1n) is 22.3. The molecule has 334 valence electrons. The van der Waals surface area contributed by atoms with Crippen molar-refractivity contribution in [2.45, 2.75) is 91.8 Å². The van der Waals surface area contributed by atoms with Gasteiger partial charge in [-0.1, -0.05) is 136 Å². The lowest BCUT2D eigenvalue weighted by Gasteiger charge is -2.50. The van der Waals surface area contributed by atoms with Gasteiger partial charge < -0.3 is 20.1 Å². The molecule has 0 unspecified atom stereocenters. The summed E-state index contributed by atoms with van der Waals surface area (Å²) in [5, 5.41) is 16.5. The van der Waals surface area contributed by atoms with Crippen LogP contribution in [0.3, 0.4) is 0 Å². The number of rotatable bonds is 9. The highest BCUT2D eigenvalue weighted by Gasteiger charge is 2.41. The van der Waals surface area contributed by atoms with Gasteiger partial charge in [-0.25, -0.2) is 0 Å². The summed E-state index contributed by atoms with van der Waals surface area (Å²) in [6, 6.07) is 33.5. The second kappa shape index (κ2) is 21.6. The van der Waals surface area contributed by atoms with Crippen LogP contribution < -0.4 is 5.32 Å². The Labute approximate surface area is 392 Å². The first-order valence-corrected chi connectivity index (χ1v) is 23.8. The van der Waals surface area contributed by atoms with E-state index in [1.165, 1.54) is 22.3 Å². The first-order chi connectivity index (χ1) is 29.4. The number of hydrogen-bond donors (Lipinski definition) is 2. The summed E-state index contributed by atoms with van der Waals surface area (Å²) in [7, 11) is -0.413. The highest BCUT2D eigenvalue weighted by molar-refractivity contribution is 6.45. The predicted molar refractivity (Wildman–Crippen MR) is 262 cm³/mol. The molecule has 0 saturated carbocycles. The molecule has 2 N–H and O–H groups in total. The van der Waals surface area contributed by atoms with Crippen LogP contribution in [0.2, 0.25) is 26.9 Å². The molecular weight excluding hydrogens is 855 g/mol. The van der Waals surface area contributed by atoms with Gasteiger partial charge in [0.15, 0.2) is 0 Å². The summed E-state index contributed by atoms with van der Waals surface area (Å²) < 4.78 is 0. The Morgan fingerprint density at radius 2 is 1.03 bits per heavy atom. The number of piperidine rings is 1. The third kappa shape index (κ3) is 13.0. The molecule has 7 nitrogen and oxygen atoms in total. The summed E-state index contributed by atoms with van der Waals surface area (Å²) in [5.74, 6) is 0.654. The van der Waals surface area contributed by atoms with Gasteiger partial charge in [-0.05, 0) is 120 Å². The SMILES string of the molecule is CB(O)N1CCC(CC(=O)N2CCN(C(c3ccc(Cl)cc3)c3ccc(Cl)cc3)C[C@@H]2C(C)(C)C)CC1.CC(C)(C)[C@H]1CN(C(c2ccc(Cl)cc2)c2ccc(Cl)cc2)CCN1. The molecule has 3 heterocycles. The Morgan fingerprint density at radius 3 is 1.40 bits per heavy atom. The second-order valence-electron chi connectivity index (χ2n) is 19.7. The van der Waals surface area contributed by atoms with E-state index in [1.807, 2.05) is 55.4 Å². The first kappa shape index (κ1) is 48.8. The maximum atomic E-state index is 13.6. The van der Waals surface area contributed by atoms with E-state index in [0.29, 0.717) is 24.9 Å². The Kier molecular flexibility index (Phi) is 17.0. The maximum Gasteiger partial charge on any atom is 0.376 e. The van der Waals surface area contributed by atoms with Crippen LogP contribution in [-0.2, 0) is 4.79 Å². The number of nitrogens with one attached hydrogen (secondary N) is 1. The van der Waals surface area contributed by atoms with E-state index < -0.39 is 7.05 Å². The molecule has 0 aromatic heterocycles. The minimum Gasteiger partial charge on any atom is -0.437 e. The highest BCUT2D eigenvalue weighted by Crippen LogP contribution is 2.37. The van der Waals surface area contributed by atoms with Crippen LogP contribution in [0.1, 0.15) is 95.1 Å². The zero-order valence-electron chi connectivity index (χ0n) is 37.6. The molecule has 3 aliphatic heterocycles. The van der Waals surface area contributed by atoms with Crippen molar-refractivity contribution in [1.82, 2.24) is 24.8 Å². The lowest BCUT2D eigenvalue weighted by Crippen LogP contribution is -2.60. The molecule has 4 aromatic carbocycles. The van der Waals surface area contributed by atoms with Gasteiger partial charge in [0.05, 0.1) is 12.1 Å². The van der Waals surface area contributed by atoms with E-state index in [-0.39, 0.29) is 34.9 Å². The highest BCUT2D eigenvalue weighted by atomic mass is 35.5. The zero-order chi connectivity index (χ0) is 44.8. The smallest absolute Gasteiger partial charge is 0.376 e. The maximum absolute atomic E-state index is 13.6. The summed E-state index contributed by atoms with van der Waals surface area (Å²) in [5.41, 5.74) is 5.06. The Bertz CT molecular complexity index is 1920. The van der Waals surface area contributed by atoms with Crippen LogP contribution in [-0.4, -0.2) is 102 Å². The summed E-state index contributed by atoms with van der Waals surface area (Å²) >= 11 is 24.7. The average Bonchev–Trinajstić information content (AvgIpc) is 3.24. The van der Waals surface area contributed by atoms with E-state index >= 15 is 0 Å². The molecule has 0 radical (unpaired) electrons.